The van der Waals surface area contributed by atoms with Crippen LogP contribution in [-0.4, -0.2) is 0 Å². The molecule has 1 heterocycles. The van der Waals surface area contributed by atoms with E-state index < -0.39 is 0 Å². The summed E-state index contributed by atoms with van der Waals surface area (Å²) < 4.78 is 0. The lowest BCUT2D eigenvalue weighted by molar-refractivity contribution is 0.579. The Bertz CT molecular complexity index is 487. The maximum absolute atomic E-state index is 3.59. The number of hydrogen-bond acceptors (Lipinski definition) is 2. The number of hydrogen-bond donors (Lipinski definition) is 1. The third-order valence-electron chi connectivity index (χ3n) is 3.15. The van der Waals surface area contributed by atoms with Gasteiger partial charge in [-0.1, -0.05) is 24.3 Å². The van der Waals surface area contributed by atoms with Crippen molar-refractivity contribution in [2.45, 2.75) is 33.4 Å². The highest BCUT2D eigenvalue weighted by Gasteiger charge is 2.09. The van der Waals surface area contributed by atoms with Gasteiger partial charge in [0.05, 0.1) is 0 Å². The molecule has 2 rings (SSSR count). The van der Waals surface area contributed by atoms with E-state index in [0.717, 1.165) is 6.54 Å². The summed E-state index contributed by atoms with van der Waals surface area (Å²) in [6.45, 7) is 7.51. The molecule has 2 aromatic rings. The van der Waals surface area contributed by atoms with Gasteiger partial charge >= 0.3 is 0 Å². The molecule has 0 spiro atoms. The monoisotopic (exact) mass is 245 g/mol. The maximum Gasteiger partial charge on any atom is 0.0391 e. The molecule has 0 fully saturated rings. The second kappa shape index (κ2) is 5.48. The summed E-state index contributed by atoms with van der Waals surface area (Å²) in [4.78, 5) is 1.44. The highest BCUT2D eigenvalue weighted by Crippen LogP contribution is 2.23. The molecule has 0 saturated heterocycles. The summed E-state index contributed by atoms with van der Waals surface area (Å²) in [6.07, 6.45) is 0. The van der Waals surface area contributed by atoms with Crippen molar-refractivity contribution in [1.82, 2.24) is 5.32 Å². The third kappa shape index (κ3) is 2.96. The molecule has 1 aromatic carbocycles. The van der Waals surface area contributed by atoms with E-state index >= 15 is 0 Å². The van der Waals surface area contributed by atoms with Gasteiger partial charge < -0.3 is 5.32 Å². The summed E-state index contributed by atoms with van der Waals surface area (Å²) in [6, 6.07) is 11.2. The van der Waals surface area contributed by atoms with Crippen LogP contribution in [-0.2, 0) is 6.54 Å². The number of benzene rings is 1. The number of thiophene rings is 1. The maximum atomic E-state index is 3.59. The van der Waals surface area contributed by atoms with Crippen molar-refractivity contribution in [3.63, 3.8) is 0 Å². The van der Waals surface area contributed by atoms with E-state index in [1.807, 2.05) is 11.3 Å². The summed E-state index contributed by atoms with van der Waals surface area (Å²) in [5.41, 5.74) is 4.13. The smallest absolute Gasteiger partial charge is 0.0391 e. The molecule has 90 valence electrons. The minimum atomic E-state index is 0.426. The van der Waals surface area contributed by atoms with Crippen molar-refractivity contribution < 1.29 is 0 Å². The van der Waals surface area contributed by atoms with Gasteiger partial charge in [-0.25, -0.2) is 0 Å². The molecule has 17 heavy (non-hydrogen) atoms. The predicted molar refractivity (Wildman–Crippen MR) is 75.5 cm³/mol. The lowest BCUT2D eigenvalue weighted by atomic mass is 10.1. The largest absolute Gasteiger partial charge is 0.305 e. The number of aryl methyl sites for hydroxylation is 2. The van der Waals surface area contributed by atoms with Crippen LogP contribution in [0.5, 0.6) is 0 Å². The molecule has 2 heteroatoms. The van der Waals surface area contributed by atoms with Gasteiger partial charge in [-0.2, -0.15) is 0 Å². The first-order chi connectivity index (χ1) is 8.18. The Morgan fingerprint density at radius 1 is 1.12 bits per heavy atom. The molecule has 0 saturated carbocycles. The summed E-state index contributed by atoms with van der Waals surface area (Å²) in [5.74, 6) is 0. The van der Waals surface area contributed by atoms with Gasteiger partial charge in [0, 0.05) is 17.5 Å². The quantitative estimate of drug-likeness (QED) is 0.850. The van der Waals surface area contributed by atoms with Crippen molar-refractivity contribution in [1.29, 1.82) is 0 Å². The molecule has 0 aliphatic heterocycles. The van der Waals surface area contributed by atoms with E-state index in [2.05, 4.69) is 61.8 Å². The Balaban J connectivity index is 2.00. The molecule has 1 N–H and O–H groups in total. The summed E-state index contributed by atoms with van der Waals surface area (Å²) in [7, 11) is 0. The number of rotatable bonds is 4. The van der Waals surface area contributed by atoms with Crippen molar-refractivity contribution in [2.75, 3.05) is 0 Å². The Morgan fingerprint density at radius 2 is 1.88 bits per heavy atom. The fourth-order valence-electron chi connectivity index (χ4n) is 1.99. The SMILES string of the molecule is Cc1ccccc1CNC(C)c1sccc1C. The van der Waals surface area contributed by atoms with Crippen LogP contribution in [0.3, 0.4) is 0 Å². The van der Waals surface area contributed by atoms with Crippen LogP contribution in [0, 0.1) is 13.8 Å². The molecule has 0 aliphatic carbocycles. The molecule has 0 radical (unpaired) electrons. The third-order valence-corrected chi connectivity index (χ3v) is 4.36. The van der Waals surface area contributed by atoms with Gasteiger partial charge in [-0.3, -0.25) is 0 Å². The topological polar surface area (TPSA) is 12.0 Å². The fourth-order valence-corrected chi connectivity index (χ4v) is 2.95. The van der Waals surface area contributed by atoms with Crippen molar-refractivity contribution in [2.24, 2.45) is 0 Å². The molecule has 1 atom stereocenters. The molecule has 0 aliphatic rings. The molecule has 1 aromatic heterocycles. The normalized spacial score (nSPS) is 12.6. The zero-order chi connectivity index (χ0) is 12.3. The van der Waals surface area contributed by atoms with E-state index in [9.17, 15) is 0 Å². The molecular weight excluding hydrogens is 226 g/mol. The fraction of sp³-hybridized carbons (Fsp3) is 0.333. The minimum Gasteiger partial charge on any atom is -0.305 e. The molecule has 0 bridgehead atoms. The highest BCUT2D eigenvalue weighted by molar-refractivity contribution is 7.10. The molecule has 1 nitrogen and oxygen atoms in total. The first kappa shape index (κ1) is 12.3. The minimum absolute atomic E-state index is 0.426. The predicted octanol–water partition coefficient (Wildman–Crippen LogP) is 4.22. The van der Waals surface area contributed by atoms with Crippen LogP contribution in [0.1, 0.15) is 34.5 Å². The molecular formula is C15H19NS. The summed E-state index contributed by atoms with van der Waals surface area (Å²) >= 11 is 1.83. The Morgan fingerprint density at radius 3 is 2.53 bits per heavy atom. The zero-order valence-electron chi connectivity index (χ0n) is 10.7. The van der Waals surface area contributed by atoms with Crippen LogP contribution >= 0.6 is 11.3 Å². The van der Waals surface area contributed by atoms with E-state index in [4.69, 9.17) is 0 Å². The van der Waals surface area contributed by atoms with Crippen LogP contribution in [0.15, 0.2) is 35.7 Å². The van der Waals surface area contributed by atoms with Gasteiger partial charge in [0.2, 0.25) is 0 Å². The van der Waals surface area contributed by atoms with Crippen molar-refractivity contribution in [3.05, 3.63) is 57.3 Å². The van der Waals surface area contributed by atoms with Gasteiger partial charge in [0.1, 0.15) is 0 Å². The average Bonchev–Trinajstić information content (AvgIpc) is 2.74. The van der Waals surface area contributed by atoms with Crippen molar-refractivity contribution >= 4 is 11.3 Å². The summed E-state index contributed by atoms with van der Waals surface area (Å²) in [5, 5.41) is 5.76. The Hall–Kier alpha value is -1.12. The van der Waals surface area contributed by atoms with Gasteiger partial charge in [-0.05, 0) is 48.9 Å². The lowest BCUT2D eigenvalue weighted by Gasteiger charge is -2.14. The van der Waals surface area contributed by atoms with Crippen molar-refractivity contribution in [3.8, 4) is 0 Å². The van der Waals surface area contributed by atoms with E-state index in [0.29, 0.717) is 6.04 Å². The van der Waals surface area contributed by atoms with Crippen LogP contribution in [0.4, 0.5) is 0 Å². The Kier molecular flexibility index (Phi) is 3.97. The van der Waals surface area contributed by atoms with E-state index in [1.54, 1.807) is 0 Å². The molecule has 0 amide bonds. The van der Waals surface area contributed by atoms with Gasteiger partial charge in [0.15, 0.2) is 0 Å². The first-order valence-corrected chi connectivity index (χ1v) is 6.88. The van der Waals surface area contributed by atoms with E-state index in [1.165, 1.54) is 21.6 Å². The standard InChI is InChI=1S/C15H19NS/c1-11-6-4-5-7-14(11)10-16-13(3)15-12(2)8-9-17-15/h4-9,13,16H,10H2,1-3H3. The molecule has 1 unspecified atom stereocenters. The van der Waals surface area contributed by atoms with Gasteiger partial charge in [-0.15, -0.1) is 11.3 Å². The first-order valence-electron chi connectivity index (χ1n) is 6.00. The van der Waals surface area contributed by atoms with Crippen LogP contribution in [0.25, 0.3) is 0 Å². The Labute approximate surface area is 108 Å². The van der Waals surface area contributed by atoms with Crippen LogP contribution in [0.2, 0.25) is 0 Å². The highest BCUT2D eigenvalue weighted by atomic mass is 32.1. The lowest BCUT2D eigenvalue weighted by Crippen LogP contribution is -2.18. The second-order valence-corrected chi connectivity index (χ2v) is 5.44. The van der Waals surface area contributed by atoms with E-state index in [-0.39, 0.29) is 0 Å². The second-order valence-electron chi connectivity index (χ2n) is 4.50. The number of nitrogens with one attached hydrogen (secondary N) is 1. The average molecular weight is 245 g/mol. The van der Waals surface area contributed by atoms with Gasteiger partial charge in [0.25, 0.3) is 0 Å². The van der Waals surface area contributed by atoms with Crippen LogP contribution < -0.4 is 5.32 Å². The zero-order valence-corrected chi connectivity index (χ0v) is 11.5.